The van der Waals surface area contributed by atoms with Crippen molar-refractivity contribution in [2.24, 2.45) is 0 Å². The van der Waals surface area contributed by atoms with Gasteiger partial charge in [-0.2, -0.15) is 0 Å². The molecule has 2 heterocycles. The van der Waals surface area contributed by atoms with Gasteiger partial charge in [0.05, 0.1) is 18.4 Å². The van der Waals surface area contributed by atoms with Gasteiger partial charge < -0.3 is 14.5 Å². The molecule has 1 fully saturated rings. The molecule has 6 heteroatoms. The number of carbonyl (C=O) groups excluding carboxylic acids is 2. The van der Waals surface area contributed by atoms with Crippen LogP contribution in [-0.2, 0) is 9.53 Å². The van der Waals surface area contributed by atoms with Crippen LogP contribution in [-0.4, -0.2) is 55.0 Å². The maximum Gasteiger partial charge on any atom is 0.339 e. The predicted molar refractivity (Wildman–Crippen MR) is 74.8 cm³/mol. The summed E-state index contributed by atoms with van der Waals surface area (Å²) in [4.78, 5) is 31.2. The quantitative estimate of drug-likeness (QED) is 0.750. The van der Waals surface area contributed by atoms with Gasteiger partial charge in [0.25, 0.3) is 0 Å². The highest BCUT2D eigenvalue weighted by Gasteiger charge is 2.20. The van der Waals surface area contributed by atoms with Crippen LogP contribution in [0.3, 0.4) is 0 Å². The standard InChI is InChI=1S/C14H19N3O3/c1-10-12(14(19)20-3)4-5-13(15-10)17-8-6-16(7-9-17)11(2)18/h4-5H,6-9H2,1-3H3. The second kappa shape index (κ2) is 5.90. The van der Waals surface area contributed by atoms with Crippen LogP contribution < -0.4 is 4.90 Å². The van der Waals surface area contributed by atoms with Gasteiger partial charge in [0.2, 0.25) is 5.91 Å². The molecule has 0 radical (unpaired) electrons. The summed E-state index contributed by atoms with van der Waals surface area (Å²) in [6, 6.07) is 3.56. The van der Waals surface area contributed by atoms with Crippen LogP contribution in [0.15, 0.2) is 12.1 Å². The first-order valence-electron chi connectivity index (χ1n) is 6.59. The molecule has 1 aromatic rings. The van der Waals surface area contributed by atoms with E-state index in [4.69, 9.17) is 4.74 Å². The molecule has 0 bridgehead atoms. The Morgan fingerprint density at radius 2 is 1.85 bits per heavy atom. The maximum absolute atomic E-state index is 11.5. The van der Waals surface area contributed by atoms with E-state index in [2.05, 4.69) is 9.88 Å². The van der Waals surface area contributed by atoms with Gasteiger partial charge in [-0.05, 0) is 19.1 Å². The summed E-state index contributed by atoms with van der Waals surface area (Å²) in [6.07, 6.45) is 0. The summed E-state index contributed by atoms with van der Waals surface area (Å²) in [5.41, 5.74) is 1.14. The maximum atomic E-state index is 11.5. The number of nitrogens with zero attached hydrogens (tertiary/aromatic N) is 3. The van der Waals surface area contributed by atoms with E-state index in [1.54, 1.807) is 19.9 Å². The lowest BCUT2D eigenvalue weighted by Gasteiger charge is -2.35. The van der Waals surface area contributed by atoms with Gasteiger partial charge in [-0.25, -0.2) is 9.78 Å². The number of esters is 1. The zero-order chi connectivity index (χ0) is 14.7. The van der Waals surface area contributed by atoms with E-state index in [0.29, 0.717) is 24.3 Å². The fraction of sp³-hybridized carbons (Fsp3) is 0.500. The fourth-order valence-corrected chi connectivity index (χ4v) is 2.30. The average Bonchev–Trinajstić information content (AvgIpc) is 2.46. The molecule has 1 aliphatic heterocycles. The molecule has 1 aromatic heterocycles. The van der Waals surface area contributed by atoms with Crippen molar-refractivity contribution < 1.29 is 14.3 Å². The first-order chi connectivity index (χ1) is 9.52. The van der Waals surface area contributed by atoms with E-state index >= 15 is 0 Å². The minimum atomic E-state index is -0.372. The van der Waals surface area contributed by atoms with Crippen molar-refractivity contribution in [3.8, 4) is 0 Å². The topological polar surface area (TPSA) is 62.7 Å². The van der Waals surface area contributed by atoms with Gasteiger partial charge in [0.1, 0.15) is 5.82 Å². The summed E-state index contributed by atoms with van der Waals surface area (Å²) in [5.74, 6) is 0.566. The van der Waals surface area contributed by atoms with Crippen LogP contribution in [0.1, 0.15) is 23.0 Å². The lowest BCUT2D eigenvalue weighted by Crippen LogP contribution is -2.48. The third-order valence-corrected chi connectivity index (χ3v) is 3.53. The van der Waals surface area contributed by atoms with E-state index < -0.39 is 0 Å². The third kappa shape index (κ3) is 2.89. The fourth-order valence-electron chi connectivity index (χ4n) is 2.30. The van der Waals surface area contributed by atoms with Gasteiger partial charge >= 0.3 is 5.97 Å². The predicted octanol–water partition coefficient (Wildman–Crippen LogP) is 0.845. The highest BCUT2D eigenvalue weighted by molar-refractivity contribution is 5.90. The van der Waals surface area contributed by atoms with E-state index in [9.17, 15) is 9.59 Å². The molecule has 1 aliphatic rings. The number of methoxy groups -OCH3 is 1. The summed E-state index contributed by atoms with van der Waals surface area (Å²) in [7, 11) is 1.36. The highest BCUT2D eigenvalue weighted by atomic mass is 16.5. The highest BCUT2D eigenvalue weighted by Crippen LogP contribution is 2.17. The number of hydrogen-bond donors (Lipinski definition) is 0. The average molecular weight is 277 g/mol. The molecule has 0 N–H and O–H groups in total. The molecular formula is C14H19N3O3. The molecule has 0 spiro atoms. The molecule has 0 atom stereocenters. The number of pyridine rings is 1. The van der Waals surface area contributed by atoms with E-state index in [1.165, 1.54) is 7.11 Å². The monoisotopic (exact) mass is 277 g/mol. The number of hydrogen-bond acceptors (Lipinski definition) is 5. The van der Waals surface area contributed by atoms with Gasteiger partial charge in [0, 0.05) is 33.1 Å². The van der Waals surface area contributed by atoms with Crippen molar-refractivity contribution >= 4 is 17.7 Å². The Balaban J connectivity index is 2.09. The smallest absolute Gasteiger partial charge is 0.339 e. The summed E-state index contributed by atoms with van der Waals surface area (Å²) < 4.78 is 4.71. The Morgan fingerprint density at radius 3 is 2.35 bits per heavy atom. The molecule has 0 saturated carbocycles. The SMILES string of the molecule is COC(=O)c1ccc(N2CCN(C(C)=O)CC2)nc1C. The largest absolute Gasteiger partial charge is 0.465 e. The number of aryl methyl sites for hydroxylation is 1. The van der Waals surface area contributed by atoms with Crippen LogP contribution in [0, 0.1) is 6.92 Å². The van der Waals surface area contributed by atoms with Gasteiger partial charge in [-0.3, -0.25) is 4.79 Å². The van der Waals surface area contributed by atoms with E-state index in [1.807, 2.05) is 11.0 Å². The molecule has 1 saturated heterocycles. The molecule has 0 aliphatic carbocycles. The van der Waals surface area contributed by atoms with Crippen LogP contribution >= 0.6 is 0 Å². The van der Waals surface area contributed by atoms with Crippen LogP contribution in [0.5, 0.6) is 0 Å². The zero-order valence-electron chi connectivity index (χ0n) is 12.0. The molecule has 6 nitrogen and oxygen atoms in total. The lowest BCUT2D eigenvalue weighted by atomic mass is 10.2. The second-order valence-electron chi connectivity index (χ2n) is 4.79. The van der Waals surface area contributed by atoms with Crippen LogP contribution in [0.2, 0.25) is 0 Å². The second-order valence-corrected chi connectivity index (χ2v) is 4.79. The minimum absolute atomic E-state index is 0.106. The summed E-state index contributed by atoms with van der Waals surface area (Å²) >= 11 is 0. The van der Waals surface area contributed by atoms with Crippen molar-refractivity contribution in [1.82, 2.24) is 9.88 Å². The Bertz CT molecular complexity index is 522. The van der Waals surface area contributed by atoms with Crippen molar-refractivity contribution in [2.45, 2.75) is 13.8 Å². The number of rotatable bonds is 2. The number of carbonyl (C=O) groups is 2. The Morgan fingerprint density at radius 1 is 1.20 bits per heavy atom. The Hall–Kier alpha value is -2.11. The molecular weight excluding hydrogens is 258 g/mol. The molecule has 108 valence electrons. The van der Waals surface area contributed by atoms with Gasteiger partial charge in [-0.1, -0.05) is 0 Å². The van der Waals surface area contributed by atoms with Gasteiger partial charge in [-0.15, -0.1) is 0 Å². The normalized spacial score (nSPS) is 15.2. The number of ether oxygens (including phenoxy) is 1. The molecule has 1 amide bonds. The number of amides is 1. The number of piperazine rings is 1. The first-order valence-corrected chi connectivity index (χ1v) is 6.59. The van der Waals surface area contributed by atoms with Crippen molar-refractivity contribution in [3.05, 3.63) is 23.4 Å². The van der Waals surface area contributed by atoms with Crippen molar-refractivity contribution in [3.63, 3.8) is 0 Å². The van der Waals surface area contributed by atoms with Crippen LogP contribution in [0.4, 0.5) is 5.82 Å². The summed E-state index contributed by atoms with van der Waals surface area (Å²) in [6.45, 7) is 6.29. The Labute approximate surface area is 118 Å². The minimum Gasteiger partial charge on any atom is -0.465 e. The Kier molecular flexibility index (Phi) is 4.22. The lowest BCUT2D eigenvalue weighted by molar-refractivity contribution is -0.129. The molecule has 2 rings (SSSR count). The zero-order valence-corrected chi connectivity index (χ0v) is 12.0. The van der Waals surface area contributed by atoms with Crippen LogP contribution in [0.25, 0.3) is 0 Å². The summed E-state index contributed by atoms with van der Waals surface area (Å²) in [5, 5.41) is 0. The van der Waals surface area contributed by atoms with E-state index in [-0.39, 0.29) is 11.9 Å². The third-order valence-electron chi connectivity index (χ3n) is 3.53. The first kappa shape index (κ1) is 14.3. The van der Waals surface area contributed by atoms with Gasteiger partial charge in [0.15, 0.2) is 0 Å². The molecule has 20 heavy (non-hydrogen) atoms. The number of aromatic nitrogens is 1. The van der Waals surface area contributed by atoms with E-state index in [0.717, 1.165) is 18.9 Å². The molecule has 0 unspecified atom stereocenters. The molecule has 0 aromatic carbocycles. The number of anilines is 1. The van der Waals surface area contributed by atoms with Crippen molar-refractivity contribution in [1.29, 1.82) is 0 Å². The van der Waals surface area contributed by atoms with Crippen molar-refractivity contribution in [2.75, 3.05) is 38.2 Å².